The van der Waals surface area contributed by atoms with Crippen LogP contribution in [0, 0.1) is 6.92 Å². The Balaban J connectivity index is 2.02. The van der Waals surface area contributed by atoms with Crippen LogP contribution in [0.5, 0.6) is 0 Å². The minimum absolute atomic E-state index is 0.309. The molecule has 100 valence electrons. The van der Waals surface area contributed by atoms with Gasteiger partial charge in [0.05, 0.1) is 22.9 Å². The molecule has 0 saturated carbocycles. The third-order valence-corrected chi connectivity index (χ3v) is 4.29. The molecule has 1 aromatic heterocycles. The lowest BCUT2D eigenvalue weighted by Crippen LogP contribution is -2.41. The van der Waals surface area contributed by atoms with E-state index in [4.69, 9.17) is 9.31 Å². The molecule has 3 rings (SSSR count). The topological polar surface area (TPSA) is 47.1 Å². The average molecular weight is 258 g/mol. The van der Waals surface area contributed by atoms with E-state index in [-0.39, 0.29) is 18.3 Å². The Morgan fingerprint density at radius 1 is 1.11 bits per heavy atom. The van der Waals surface area contributed by atoms with Gasteiger partial charge in [-0.3, -0.25) is 5.10 Å². The summed E-state index contributed by atoms with van der Waals surface area (Å²) in [5, 5.41) is 8.17. The van der Waals surface area contributed by atoms with Crippen LogP contribution in [0.3, 0.4) is 0 Å². The SMILES string of the molecule is Cc1cc(B2OC(C)(C)C(C)(C)O2)cc2cn[nH]c12. The Labute approximate surface area is 113 Å². The lowest BCUT2D eigenvalue weighted by atomic mass is 9.78. The van der Waals surface area contributed by atoms with Gasteiger partial charge in [0, 0.05) is 5.39 Å². The molecule has 0 amide bonds. The normalized spacial score (nSPS) is 21.2. The van der Waals surface area contributed by atoms with E-state index in [9.17, 15) is 0 Å². The Kier molecular flexibility index (Phi) is 2.56. The molecule has 5 heteroatoms. The maximum absolute atomic E-state index is 6.08. The van der Waals surface area contributed by atoms with Crippen molar-refractivity contribution in [3.05, 3.63) is 23.9 Å². The number of aromatic nitrogens is 2. The number of nitrogens with zero attached hydrogens (tertiary/aromatic N) is 1. The molecule has 19 heavy (non-hydrogen) atoms. The molecule has 0 aliphatic carbocycles. The van der Waals surface area contributed by atoms with Gasteiger partial charge in [0.2, 0.25) is 0 Å². The Morgan fingerprint density at radius 3 is 2.37 bits per heavy atom. The molecule has 2 aromatic rings. The molecule has 0 bridgehead atoms. The van der Waals surface area contributed by atoms with Crippen molar-refractivity contribution in [1.82, 2.24) is 10.2 Å². The smallest absolute Gasteiger partial charge is 0.399 e. The van der Waals surface area contributed by atoms with Gasteiger partial charge in [0.1, 0.15) is 0 Å². The molecule has 0 atom stereocenters. The standard InChI is InChI=1S/C14H19BN2O2/c1-9-6-11(7-10-8-16-17-12(9)10)15-18-13(2,3)14(4,5)19-15/h6-8H,1-5H3,(H,16,17). The summed E-state index contributed by atoms with van der Waals surface area (Å²) in [7, 11) is -0.317. The number of fused-ring (bicyclic) bond motifs is 1. The number of benzene rings is 1. The zero-order valence-electron chi connectivity index (χ0n) is 12.1. The van der Waals surface area contributed by atoms with Crippen LogP contribution >= 0.6 is 0 Å². The molecule has 2 heterocycles. The van der Waals surface area contributed by atoms with Crippen molar-refractivity contribution in [3.8, 4) is 0 Å². The van der Waals surface area contributed by atoms with E-state index in [1.54, 1.807) is 0 Å². The zero-order valence-corrected chi connectivity index (χ0v) is 12.1. The minimum atomic E-state index is -0.317. The quantitative estimate of drug-likeness (QED) is 0.797. The van der Waals surface area contributed by atoms with E-state index in [0.29, 0.717) is 0 Å². The lowest BCUT2D eigenvalue weighted by molar-refractivity contribution is 0.00578. The number of aryl methyl sites for hydroxylation is 1. The highest BCUT2D eigenvalue weighted by atomic mass is 16.7. The molecule has 0 radical (unpaired) electrons. The third kappa shape index (κ3) is 1.88. The first-order valence-corrected chi connectivity index (χ1v) is 6.59. The van der Waals surface area contributed by atoms with Crippen molar-refractivity contribution in [2.75, 3.05) is 0 Å². The largest absolute Gasteiger partial charge is 0.494 e. The first kappa shape index (κ1) is 12.7. The van der Waals surface area contributed by atoms with E-state index in [1.165, 1.54) is 0 Å². The third-order valence-electron chi connectivity index (χ3n) is 4.29. The maximum Gasteiger partial charge on any atom is 0.494 e. The summed E-state index contributed by atoms with van der Waals surface area (Å²) < 4.78 is 12.2. The number of nitrogens with one attached hydrogen (secondary N) is 1. The second-order valence-corrected chi connectivity index (χ2v) is 6.26. The van der Waals surface area contributed by atoms with E-state index in [1.807, 2.05) is 6.20 Å². The molecule has 0 spiro atoms. The second kappa shape index (κ2) is 3.84. The van der Waals surface area contributed by atoms with Crippen LogP contribution < -0.4 is 5.46 Å². The first-order valence-electron chi connectivity index (χ1n) is 6.59. The highest BCUT2D eigenvalue weighted by Crippen LogP contribution is 2.36. The van der Waals surface area contributed by atoms with E-state index >= 15 is 0 Å². The minimum Gasteiger partial charge on any atom is -0.399 e. The van der Waals surface area contributed by atoms with E-state index in [0.717, 1.165) is 21.9 Å². The fraction of sp³-hybridized carbons (Fsp3) is 0.500. The Bertz CT molecular complexity index is 617. The van der Waals surface area contributed by atoms with Crippen LogP contribution in [-0.4, -0.2) is 28.5 Å². The summed E-state index contributed by atoms with van der Waals surface area (Å²) in [4.78, 5) is 0. The van der Waals surface area contributed by atoms with Gasteiger partial charge in [-0.15, -0.1) is 0 Å². The predicted molar refractivity (Wildman–Crippen MR) is 76.5 cm³/mol. The van der Waals surface area contributed by atoms with Gasteiger partial charge in [-0.25, -0.2) is 0 Å². The zero-order chi connectivity index (χ0) is 13.8. The van der Waals surface area contributed by atoms with Gasteiger partial charge in [0.15, 0.2) is 0 Å². The first-order chi connectivity index (χ1) is 8.80. The van der Waals surface area contributed by atoms with Crippen LogP contribution in [-0.2, 0) is 9.31 Å². The highest BCUT2D eigenvalue weighted by molar-refractivity contribution is 6.62. The Hall–Kier alpha value is -1.33. The molecular weight excluding hydrogens is 239 g/mol. The van der Waals surface area contributed by atoms with Crippen molar-refractivity contribution in [1.29, 1.82) is 0 Å². The lowest BCUT2D eigenvalue weighted by Gasteiger charge is -2.32. The fourth-order valence-corrected chi connectivity index (χ4v) is 2.38. The highest BCUT2D eigenvalue weighted by Gasteiger charge is 2.51. The Morgan fingerprint density at radius 2 is 1.74 bits per heavy atom. The van der Waals surface area contributed by atoms with Gasteiger partial charge in [0.25, 0.3) is 0 Å². The number of hydrogen-bond donors (Lipinski definition) is 1. The number of aromatic amines is 1. The summed E-state index contributed by atoms with van der Waals surface area (Å²) in [5.41, 5.74) is 2.65. The van der Waals surface area contributed by atoms with Crippen molar-refractivity contribution in [2.45, 2.75) is 45.8 Å². The van der Waals surface area contributed by atoms with Gasteiger partial charge >= 0.3 is 7.12 Å². The second-order valence-electron chi connectivity index (χ2n) is 6.26. The molecule has 1 saturated heterocycles. The monoisotopic (exact) mass is 258 g/mol. The maximum atomic E-state index is 6.08. The molecule has 1 aromatic carbocycles. The van der Waals surface area contributed by atoms with Crippen molar-refractivity contribution < 1.29 is 9.31 Å². The summed E-state index contributed by atoms with van der Waals surface area (Å²) in [6, 6.07) is 4.18. The fourth-order valence-electron chi connectivity index (χ4n) is 2.38. The predicted octanol–water partition coefficient (Wildman–Crippen LogP) is 2.17. The van der Waals surface area contributed by atoms with E-state index in [2.05, 4.69) is 56.9 Å². The van der Waals surface area contributed by atoms with Gasteiger partial charge in [-0.1, -0.05) is 12.1 Å². The molecule has 1 aliphatic rings. The summed E-state index contributed by atoms with van der Waals surface area (Å²) in [5.74, 6) is 0. The van der Waals surface area contributed by atoms with Gasteiger partial charge in [-0.05, 0) is 45.6 Å². The number of H-pyrrole nitrogens is 1. The van der Waals surface area contributed by atoms with Crippen LogP contribution in [0.4, 0.5) is 0 Å². The number of rotatable bonds is 1. The molecule has 1 N–H and O–H groups in total. The molecule has 4 nitrogen and oxygen atoms in total. The van der Waals surface area contributed by atoms with Gasteiger partial charge < -0.3 is 9.31 Å². The molecular formula is C14H19BN2O2. The molecule has 1 fully saturated rings. The van der Waals surface area contributed by atoms with E-state index < -0.39 is 0 Å². The van der Waals surface area contributed by atoms with Gasteiger partial charge in [-0.2, -0.15) is 5.10 Å². The summed E-state index contributed by atoms with van der Waals surface area (Å²) in [6.45, 7) is 10.3. The van der Waals surface area contributed by atoms with Crippen molar-refractivity contribution in [3.63, 3.8) is 0 Å². The molecule has 0 unspecified atom stereocenters. The van der Waals surface area contributed by atoms with Crippen molar-refractivity contribution >= 4 is 23.5 Å². The summed E-state index contributed by atoms with van der Waals surface area (Å²) in [6.07, 6.45) is 1.83. The molecule has 1 aliphatic heterocycles. The van der Waals surface area contributed by atoms with Crippen LogP contribution in [0.15, 0.2) is 18.3 Å². The van der Waals surface area contributed by atoms with Crippen LogP contribution in [0.1, 0.15) is 33.3 Å². The van der Waals surface area contributed by atoms with Crippen molar-refractivity contribution in [2.24, 2.45) is 0 Å². The number of hydrogen-bond acceptors (Lipinski definition) is 3. The summed E-state index contributed by atoms with van der Waals surface area (Å²) >= 11 is 0. The average Bonchev–Trinajstić information content (AvgIpc) is 2.82. The van der Waals surface area contributed by atoms with Crippen LogP contribution in [0.2, 0.25) is 0 Å². The van der Waals surface area contributed by atoms with Crippen LogP contribution in [0.25, 0.3) is 10.9 Å².